The van der Waals surface area contributed by atoms with Crippen LogP contribution in [0, 0.1) is 5.92 Å². The molecule has 10 heavy (non-hydrogen) atoms. The second kappa shape index (κ2) is 5.39. The molecule has 48 valence electrons. The molecule has 1 heteroatoms. The quantitative estimate of drug-likeness (QED) is 0.387. The predicted molar refractivity (Wildman–Crippen MR) is 40.1 cm³/mol. The van der Waals surface area contributed by atoms with Crippen LogP contribution in [-0.2, 0) is 0 Å². The summed E-state index contributed by atoms with van der Waals surface area (Å²) in [6.07, 6.45) is 0. The third-order valence-electron chi connectivity index (χ3n) is 1.35. The van der Waals surface area contributed by atoms with E-state index in [1.165, 1.54) is 11.5 Å². The van der Waals surface area contributed by atoms with Crippen molar-refractivity contribution in [3.63, 3.8) is 0 Å². The molecule has 0 bridgehead atoms. The molecule has 0 spiro atoms. The molecule has 0 radical (unpaired) electrons. The Morgan fingerprint density at radius 2 is 1.50 bits per heavy atom. The average molecular weight is 158 g/mol. The summed E-state index contributed by atoms with van der Waals surface area (Å²) in [6, 6.07) is 10.4. The fourth-order valence-electron chi connectivity index (χ4n) is 0.771. The minimum absolute atomic E-state index is 0. The van der Waals surface area contributed by atoms with Gasteiger partial charge in [-0.3, -0.25) is 0 Å². The van der Waals surface area contributed by atoms with E-state index in [2.05, 4.69) is 38.1 Å². The summed E-state index contributed by atoms with van der Waals surface area (Å²) in [5.74, 6) is 1.37. The summed E-state index contributed by atoms with van der Waals surface area (Å²) in [7, 11) is 0. The molecule has 0 saturated carbocycles. The van der Waals surface area contributed by atoms with E-state index >= 15 is 0 Å². The SMILES string of the molecule is C[C-](C)c1ccccc1.[K+]. The van der Waals surface area contributed by atoms with Gasteiger partial charge in [-0.05, 0) is 0 Å². The Morgan fingerprint density at radius 1 is 1.00 bits per heavy atom. The van der Waals surface area contributed by atoms with Gasteiger partial charge in [-0.25, -0.2) is 0 Å². The van der Waals surface area contributed by atoms with Crippen LogP contribution < -0.4 is 51.4 Å². The van der Waals surface area contributed by atoms with E-state index in [-0.39, 0.29) is 51.4 Å². The van der Waals surface area contributed by atoms with Crippen molar-refractivity contribution in [3.8, 4) is 0 Å². The van der Waals surface area contributed by atoms with Crippen molar-refractivity contribution in [2.75, 3.05) is 0 Å². The summed E-state index contributed by atoms with van der Waals surface area (Å²) in [6.45, 7) is 4.24. The van der Waals surface area contributed by atoms with Crippen LogP contribution in [0.15, 0.2) is 30.3 Å². The minimum Gasteiger partial charge on any atom is -0.189 e. The third-order valence-corrected chi connectivity index (χ3v) is 1.35. The van der Waals surface area contributed by atoms with Crippen LogP contribution in [0.25, 0.3) is 0 Å². The van der Waals surface area contributed by atoms with E-state index < -0.39 is 0 Å². The number of hydrogen-bond acceptors (Lipinski definition) is 0. The molecule has 1 rings (SSSR count). The Kier molecular flexibility index (Phi) is 5.78. The van der Waals surface area contributed by atoms with Crippen molar-refractivity contribution >= 4 is 0 Å². The molecule has 0 fully saturated rings. The maximum atomic E-state index is 2.12. The first-order valence-corrected chi connectivity index (χ1v) is 3.16. The van der Waals surface area contributed by atoms with Crippen LogP contribution in [0.2, 0.25) is 0 Å². The maximum absolute atomic E-state index is 2.12. The first-order chi connectivity index (χ1) is 4.30. The first-order valence-electron chi connectivity index (χ1n) is 3.16. The number of benzene rings is 1. The molecule has 0 aromatic heterocycles. The zero-order valence-corrected chi connectivity index (χ0v) is 10.0. The van der Waals surface area contributed by atoms with Gasteiger partial charge in [0.25, 0.3) is 0 Å². The predicted octanol–water partition coefficient (Wildman–Crippen LogP) is -0.347. The van der Waals surface area contributed by atoms with E-state index in [0.29, 0.717) is 0 Å². The van der Waals surface area contributed by atoms with Gasteiger partial charge in [0, 0.05) is 0 Å². The van der Waals surface area contributed by atoms with Gasteiger partial charge in [0.2, 0.25) is 0 Å². The molecule has 0 heterocycles. The Morgan fingerprint density at radius 3 is 1.80 bits per heavy atom. The second-order valence-corrected chi connectivity index (χ2v) is 2.37. The van der Waals surface area contributed by atoms with Gasteiger partial charge in [-0.15, -0.1) is 12.1 Å². The molecule has 0 amide bonds. The van der Waals surface area contributed by atoms with E-state index in [4.69, 9.17) is 0 Å². The van der Waals surface area contributed by atoms with Crippen molar-refractivity contribution in [1.82, 2.24) is 0 Å². The van der Waals surface area contributed by atoms with Gasteiger partial charge >= 0.3 is 51.4 Å². The molecule has 0 saturated heterocycles. The first kappa shape index (κ1) is 10.7. The molecule has 0 unspecified atom stereocenters. The van der Waals surface area contributed by atoms with Crippen molar-refractivity contribution in [3.05, 3.63) is 41.8 Å². The van der Waals surface area contributed by atoms with Gasteiger partial charge in [-0.1, -0.05) is 19.9 Å². The average Bonchev–Trinajstić information content (AvgIpc) is 1.90. The Bertz CT molecular complexity index is 167. The monoisotopic (exact) mass is 158 g/mol. The normalized spacial score (nSPS) is 8.20. The summed E-state index contributed by atoms with van der Waals surface area (Å²) in [5.41, 5.74) is 1.33. The molecule has 0 aliphatic heterocycles. The zero-order chi connectivity index (χ0) is 6.69. The smallest absolute Gasteiger partial charge is 0.189 e. The molecule has 1 aromatic rings. The summed E-state index contributed by atoms with van der Waals surface area (Å²) >= 11 is 0. The van der Waals surface area contributed by atoms with Gasteiger partial charge in [-0.2, -0.15) is 23.6 Å². The van der Waals surface area contributed by atoms with E-state index in [0.717, 1.165) is 0 Å². The number of hydrogen-bond donors (Lipinski definition) is 0. The summed E-state index contributed by atoms with van der Waals surface area (Å²) in [5, 5.41) is 0. The van der Waals surface area contributed by atoms with Crippen LogP contribution in [0.1, 0.15) is 19.4 Å². The standard InChI is InChI=1S/C9H11.K/c1-8(2)9-6-4-3-5-7-9;/h3-7H,1-2H3;/q-1;+1. The molecule has 0 aliphatic rings. The van der Waals surface area contributed by atoms with Gasteiger partial charge < -0.3 is 0 Å². The van der Waals surface area contributed by atoms with Gasteiger partial charge in [0.1, 0.15) is 0 Å². The molecular formula is C9H11K. The van der Waals surface area contributed by atoms with Gasteiger partial charge in [0.05, 0.1) is 0 Å². The van der Waals surface area contributed by atoms with E-state index in [1.807, 2.05) is 6.07 Å². The van der Waals surface area contributed by atoms with Crippen LogP contribution in [-0.4, -0.2) is 0 Å². The van der Waals surface area contributed by atoms with Crippen LogP contribution in [0.5, 0.6) is 0 Å². The van der Waals surface area contributed by atoms with E-state index in [1.54, 1.807) is 0 Å². The minimum atomic E-state index is 0. The maximum Gasteiger partial charge on any atom is 1.00 e. The molecule has 0 atom stereocenters. The largest absolute Gasteiger partial charge is 1.00 e. The van der Waals surface area contributed by atoms with Crippen LogP contribution in [0.3, 0.4) is 0 Å². The molecular weight excluding hydrogens is 147 g/mol. The molecule has 0 nitrogen and oxygen atoms in total. The van der Waals surface area contributed by atoms with Crippen molar-refractivity contribution in [2.24, 2.45) is 0 Å². The van der Waals surface area contributed by atoms with Crippen molar-refractivity contribution < 1.29 is 51.4 Å². The Labute approximate surface area is 105 Å². The number of rotatable bonds is 1. The topological polar surface area (TPSA) is 0 Å². The molecule has 0 aliphatic carbocycles. The second-order valence-electron chi connectivity index (χ2n) is 2.37. The van der Waals surface area contributed by atoms with Crippen molar-refractivity contribution in [2.45, 2.75) is 13.8 Å². The Hall–Kier alpha value is 0.726. The van der Waals surface area contributed by atoms with E-state index in [9.17, 15) is 0 Å². The molecule has 0 N–H and O–H groups in total. The van der Waals surface area contributed by atoms with Crippen LogP contribution in [0.4, 0.5) is 0 Å². The molecule has 1 aromatic carbocycles. The fraction of sp³-hybridized carbons (Fsp3) is 0.222. The van der Waals surface area contributed by atoms with Crippen molar-refractivity contribution in [1.29, 1.82) is 0 Å². The zero-order valence-electron chi connectivity index (χ0n) is 6.89. The van der Waals surface area contributed by atoms with Gasteiger partial charge in [0.15, 0.2) is 0 Å². The Balaban J connectivity index is 0.000000810. The summed E-state index contributed by atoms with van der Waals surface area (Å²) in [4.78, 5) is 0. The summed E-state index contributed by atoms with van der Waals surface area (Å²) < 4.78 is 0. The van der Waals surface area contributed by atoms with Crippen LogP contribution >= 0.6 is 0 Å². The fourth-order valence-corrected chi connectivity index (χ4v) is 0.771. The third kappa shape index (κ3) is 3.22.